The van der Waals surface area contributed by atoms with Crippen LogP contribution in [0.1, 0.15) is 49.6 Å². The minimum absolute atomic E-state index is 0.298. The summed E-state index contributed by atoms with van der Waals surface area (Å²) in [7, 11) is 0. The standard InChI is InChI=1S/C18H28N4O3/c23-12-17(24)16-10-15-11-21(8-9-22(15)19-16)14-4-6-20(7-5-14)18(25)13-2-1-3-13/h10,13-14,17,23-24H,1-9,11-12H2. The van der Waals surface area contributed by atoms with E-state index in [4.69, 9.17) is 5.11 Å². The first-order chi connectivity index (χ1) is 12.2. The molecule has 25 heavy (non-hydrogen) atoms. The van der Waals surface area contributed by atoms with Crippen LogP contribution in [0.2, 0.25) is 0 Å². The SMILES string of the molecule is O=C(C1CCC1)N1CCC(N2CCn3nc(C(O)CO)cc3C2)CC1. The molecule has 3 heterocycles. The number of likely N-dealkylation sites (tertiary alicyclic amines) is 1. The summed E-state index contributed by atoms with van der Waals surface area (Å²) in [6.45, 7) is 4.05. The van der Waals surface area contributed by atoms with Crippen LogP contribution >= 0.6 is 0 Å². The summed E-state index contributed by atoms with van der Waals surface area (Å²) in [5.74, 6) is 0.682. The minimum atomic E-state index is -0.896. The second-order valence-corrected chi connectivity index (χ2v) is 7.64. The van der Waals surface area contributed by atoms with E-state index in [2.05, 4.69) is 14.9 Å². The van der Waals surface area contributed by atoms with Crippen LogP contribution in [0, 0.1) is 5.92 Å². The summed E-state index contributed by atoms with van der Waals surface area (Å²) < 4.78 is 1.94. The van der Waals surface area contributed by atoms with Crippen LogP contribution in [0.5, 0.6) is 0 Å². The monoisotopic (exact) mass is 348 g/mol. The van der Waals surface area contributed by atoms with Gasteiger partial charge >= 0.3 is 0 Å². The quantitative estimate of drug-likeness (QED) is 0.829. The van der Waals surface area contributed by atoms with Crippen LogP contribution in [0.25, 0.3) is 0 Å². The molecule has 0 bridgehead atoms. The van der Waals surface area contributed by atoms with Gasteiger partial charge in [0, 0.05) is 38.1 Å². The Bertz CT molecular complexity index is 620. The maximum Gasteiger partial charge on any atom is 0.225 e. The highest BCUT2D eigenvalue weighted by Gasteiger charge is 2.34. The Morgan fingerprint density at radius 3 is 2.60 bits per heavy atom. The van der Waals surface area contributed by atoms with Crippen LogP contribution in [-0.4, -0.2) is 68.0 Å². The zero-order valence-electron chi connectivity index (χ0n) is 14.7. The Labute approximate surface area is 148 Å². The van der Waals surface area contributed by atoms with E-state index in [9.17, 15) is 9.90 Å². The van der Waals surface area contributed by atoms with Crippen molar-refractivity contribution in [1.82, 2.24) is 19.6 Å². The summed E-state index contributed by atoms with van der Waals surface area (Å²) in [4.78, 5) is 16.9. The summed E-state index contributed by atoms with van der Waals surface area (Å²) in [5, 5.41) is 23.3. The lowest BCUT2D eigenvalue weighted by Crippen LogP contribution is -2.50. The zero-order chi connectivity index (χ0) is 17.4. The second kappa shape index (κ2) is 7.05. The lowest BCUT2D eigenvalue weighted by molar-refractivity contribution is -0.139. The number of carbonyl (C=O) groups excluding carboxylic acids is 1. The topological polar surface area (TPSA) is 81.8 Å². The molecule has 1 atom stereocenters. The molecule has 2 fully saturated rings. The first-order valence-electron chi connectivity index (χ1n) is 9.54. The molecule has 138 valence electrons. The molecular formula is C18H28N4O3. The molecule has 0 spiro atoms. The van der Waals surface area contributed by atoms with Crippen LogP contribution in [-0.2, 0) is 17.9 Å². The number of hydrogen-bond acceptors (Lipinski definition) is 5. The van der Waals surface area contributed by atoms with Gasteiger partial charge in [-0.25, -0.2) is 0 Å². The fourth-order valence-electron chi connectivity index (χ4n) is 4.24. The van der Waals surface area contributed by atoms with E-state index in [1.807, 2.05) is 10.7 Å². The first-order valence-corrected chi connectivity index (χ1v) is 9.54. The molecule has 1 unspecified atom stereocenters. The number of nitrogens with zero attached hydrogens (tertiary/aromatic N) is 4. The predicted molar refractivity (Wildman–Crippen MR) is 91.6 cm³/mol. The van der Waals surface area contributed by atoms with Gasteiger partial charge in [0.25, 0.3) is 0 Å². The average Bonchev–Trinajstić information content (AvgIpc) is 3.03. The lowest BCUT2D eigenvalue weighted by Gasteiger charge is -2.41. The zero-order valence-corrected chi connectivity index (χ0v) is 14.7. The van der Waals surface area contributed by atoms with Crippen molar-refractivity contribution in [3.8, 4) is 0 Å². The van der Waals surface area contributed by atoms with Gasteiger partial charge in [-0.15, -0.1) is 0 Å². The third kappa shape index (κ3) is 3.32. The normalized spacial score (nSPS) is 24.0. The number of aliphatic hydroxyl groups is 2. The molecule has 1 saturated heterocycles. The Morgan fingerprint density at radius 1 is 1.20 bits per heavy atom. The number of rotatable bonds is 4. The largest absolute Gasteiger partial charge is 0.393 e. The summed E-state index contributed by atoms with van der Waals surface area (Å²) in [5.41, 5.74) is 1.65. The van der Waals surface area contributed by atoms with Crippen molar-refractivity contribution in [3.63, 3.8) is 0 Å². The van der Waals surface area contributed by atoms with E-state index in [-0.39, 0.29) is 6.61 Å². The number of amides is 1. The van der Waals surface area contributed by atoms with Crippen molar-refractivity contribution < 1.29 is 15.0 Å². The summed E-state index contributed by atoms with van der Waals surface area (Å²) in [6, 6.07) is 2.42. The van der Waals surface area contributed by atoms with Crippen LogP contribution in [0.15, 0.2) is 6.07 Å². The van der Waals surface area contributed by atoms with E-state index in [1.54, 1.807) is 0 Å². The molecular weight excluding hydrogens is 320 g/mol. The van der Waals surface area contributed by atoms with Gasteiger partial charge in [-0.1, -0.05) is 6.42 Å². The molecule has 1 amide bonds. The highest BCUT2D eigenvalue weighted by molar-refractivity contribution is 5.79. The molecule has 1 aromatic rings. The highest BCUT2D eigenvalue weighted by atomic mass is 16.3. The van der Waals surface area contributed by atoms with Crippen molar-refractivity contribution in [1.29, 1.82) is 0 Å². The van der Waals surface area contributed by atoms with E-state index < -0.39 is 6.10 Å². The molecule has 2 N–H and O–H groups in total. The Hall–Kier alpha value is -1.44. The van der Waals surface area contributed by atoms with Crippen molar-refractivity contribution >= 4 is 5.91 Å². The minimum Gasteiger partial charge on any atom is -0.393 e. The van der Waals surface area contributed by atoms with Gasteiger partial charge in [0.05, 0.1) is 24.5 Å². The van der Waals surface area contributed by atoms with Gasteiger partial charge in [-0.2, -0.15) is 5.10 Å². The molecule has 0 radical (unpaired) electrons. The molecule has 4 rings (SSSR count). The predicted octanol–water partition coefficient (Wildman–Crippen LogP) is 0.516. The number of aromatic nitrogens is 2. The second-order valence-electron chi connectivity index (χ2n) is 7.64. The van der Waals surface area contributed by atoms with Gasteiger partial charge in [0.2, 0.25) is 5.91 Å². The molecule has 1 saturated carbocycles. The fraction of sp³-hybridized carbons (Fsp3) is 0.778. The Morgan fingerprint density at radius 2 is 1.96 bits per heavy atom. The van der Waals surface area contributed by atoms with Gasteiger partial charge in [0.15, 0.2) is 0 Å². The molecule has 3 aliphatic rings. The summed E-state index contributed by atoms with van der Waals surface area (Å²) >= 11 is 0. The van der Waals surface area contributed by atoms with Crippen molar-refractivity contribution in [2.45, 2.75) is 57.3 Å². The lowest BCUT2D eigenvalue weighted by atomic mass is 9.84. The smallest absolute Gasteiger partial charge is 0.225 e. The highest BCUT2D eigenvalue weighted by Crippen LogP contribution is 2.30. The van der Waals surface area contributed by atoms with Crippen molar-refractivity contribution in [2.75, 3.05) is 26.2 Å². The van der Waals surface area contributed by atoms with Crippen molar-refractivity contribution in [2.24, 2.45) is 5.92 Å². The maximum atomic E-state index is 12.4. The van der Waals surface area contributed by atoms with Crippen LogP contribution in [0.3, 0.4) is 0 Å². The number of piperidine rings is 1. The molecule has 0 aromatic carbocycles. The van der Waals surface area contributed by atoms with E-state index in [0.717, 1.165) is 64.1 Å². The third-order valence-corrected chi connectivity index (χ3v) is 6.11. The molecule has 1 aliphatic carbocycles. The third-order valence-electron chi connectivity index (χ3n) is 6.11. The number of fused-ring (bicyclic) bond motifs is 1. The van der Waals surface area contributed by atoms with Gasteiger partial charge in [-0.3, -0.25) is 14.4 Å². The average molecular weight is 348 g/mol. The van der Waals surface area contributed by atoms with E-state index in [1.165, 1.54) is 6.42 Å². The number of aliphatic hydroxyl groups excluding tert-OH is 2. The van der Waals surface area contributed by atoms with E-state index in [0.29, 0.717) is 23.6 Å². The molecule has 7 nitrogen and oxygen atoms in total. The number of carbonyl (C=O) groups is 1. The Balaban J connectivity index is 1.33. The molecule has 7 heteroatoms. The summed E-state index contributed by atoms with van der Waals surface area (Å²) in [6.07, 6.45) is 4.55. The first kappa shape index (κ1) is 17.0. The van der Waals surface area contributed by atoms with E-state index >= 15 is 0 Å². The molecule has 1 aromatic heterocycles. The van der Waals surface area contributed by atoms with Crippen molar-refractivity contribution in [3.05, 3.63) is 17.5 Å². The Kier molecular flexibility index (Phi) is 4.80. The van der Waals surface area contributed by atoms with Crippen LogP contribution in [0.4, 0.5) is 0 Å². The maximum absolute atomic E-state index is 12.4. The van der Waals surface area contributed by atoms with Gasteiger partial charge in [0.1, 0.15) is 6.10 Å². The molecule has 2 aliphatic heterocycles. The van der Waals surface area contributed by atoms with Gasteiger partial charge < -0.3 is 15.1 Å². The van der Waals surface area contributed by atoms with Gasteiger partial charge in [-0.05, 0) is 31.7 Å². The number of hydrogen-bond donors (Lipinski definition) is 2. The fourth-order valence-corrected chi connectivity index (χ4v) is 4.24. The van der Waals surface area contributed by atoms with Crippen LogP contribution < -0.4 is 0 Å².